The summed E-state index contributed by atoms with van der Waals surface area (Å²) in [5.41, 5.74) is 1.33. The van der Waals surface area contributed by atoms with E-state index in [0.717, 1.165) is 36.9 Å². The maximum Gasteiger partial charge on any atom is 0.287 e. The second kappa shape index (κ2) is 9.81. The number of nitrogens with one attached hydrogen (secondary N) is 1. The number of hydrogen-bond acceptors (Lipinski definition) is 6. The summed E-state index contributed by atoms with van der Waals surface area (Å²) in [4.78, 5) is 31.3. The average molecular weight is 496 g/mol. The quantitative estimate of drug-likeness (QED) is 0.558. The lowest BCUT2D eigenvalue weighted by atomic mass is 9.88. The highest BCUT2D eigenvalue weighted by Gasteiger charge is 2.36. The van der Waals surface area contributed by atoms with E-state index >= 15 is 0 Å². The molecular formula is C26H29N3O5S. The SMILES string of the molecule is O=C(NCc1ccc(S(=O)(=O)C2CCC(C(=O)N3CCCC3)CC2)cc1)c1cc2ccncc2o1. The van der Waals surface area contributed by atoms with Crippen LogP contribution in [0.4, 0.5) is 0 Å². The zero-order valence-electron chi connectivity index (χ0n) is 19.5. The number of carbonyl (C=O) groups excluding carboxylic acids is 2. The molecule has 2 fully saturated rings. The number of fused-ring (bicyclic) bond motifs is 1. The smallest absolute Gasteiger partial charge is 0.287 e. The number of carbonyl (C=O) groups is 2. The van der Waals surface area contributed by atoms with Gasteiger partial charge in [0.05, 0.1) is 16.3 Å². The lowest BCUT2D eigenvalue weighted by Gasteiger charge is -2.30. The number of aromatic nitrogens is 1. The Labute approximate surface area is 204 Å². The minimum absolute atomic E-state index is 0.0476. The molecule has 1 aliphatic carbocycles. The number of furan rings is 1. The minimum atomic E-state index is -3.47. The van der Waals surface area contributed by atoms with E-state index in [-0.39, 0.29) is 34.9 Å². The summed E-state index contributed by atoms with van der Waals surface area (Å²) >= 11 is 0. The zero-order chi connectivity index (χ0) is 24.4. The summed E-state index contributed by atoms with van der Waals surface area (Å²) in [6.07, 6.45) is 7.59. The maximum absolute atomic E-state index is 13.2. The minimum Gasteiger partial charge on any atom is -0.449 e. The highest BCUT2D eigenvalue weighted by atomic mass is 32.2. The van der Waals surface area contributed by atoms with Gasteiger partial charge in [-0.25, -0.2) is 8.42 Å². The van der Waals surface area contributed by atoms with Crippen LogP contribution in [0.3, 0.4) is 0 Å². The van der Waals surface area contributed by atoms with E-state index in [2.05, 4.69) is 10.3 Å². The van der Waals surface area contributed by atoms with Gasteiger partial charge in [-0.2, -0.15) is 0 Å². The highest BCUT2D eigenvalue weighted by Crippen LogP contribution is 2.33. The summed E-state index contributed by atoms with van der Waals surface area (Å²) in [5.74, 6) is 0.00163. The molecule has 0 radical (unpaired) electrons. The predicted octanol–water partition coefficient (Wildman–Crippen LogP) is 3.71. The molecular weight excluding hydrogens is 466 g/mol. The van der Waals surface area contributed by atoms with Crippen LogP contribution in [0, 0.1) is 5.92 Å². The van der Waals surface area contributed by atoms with Crippen LogP contribution in [0.2, 0.25) is 0 Å². The molecule has 0 unspecified atom stereocenters. The van der Waals surface area contributed by atoms with Crippen molar-refractivity contribution in [1.82, 2.24) is 15.2 Å². The third-order valence-electron chi connectivity index (χ3n) is 7.13. The Morgan fingerprint density at radius 2 is 1.74 bits per heavy atom. The van der Waals surface area contributed by atoms with E-state index in [1.165, 1.54) is 0 Å². The molecule has 9 heteroatoms. The molecule has 35 heavy (non-hydrogen) atoms. The number of nitrogens with zero attached hydrogens (tertiary/aromatic N) is 2. The molecule has 3 heterocycles. The molecule has 1 saturated carbocycles. The van der Waals surface area contributed by atoms with Crippen molar-refractivity contribution in [3.63, 3.8) is 0 Å². The monoisotopic (exact) mass is 495 g/mol. The first-order valence-corrected chi connectivity index (χ1v) is 13.7. The molecule has 1 aromatic carbocycles. The first-order valence-electron chi connectivity index (χ1n) is 12.2. The van der Waals surface area contributed by atoms with Crippen molar-refractivity contribution in [2.24, 2.45) is 5.92 Å². The van der Waals surface area contributed by atoms with Crippen LogP contribution in [-0.4, -0.2) is 48.5 Å². The fraction of sp³-hybridized carbons (Fsp3) is 0.423. The maximum atomic E-state index is 13.2. The van der Waals surface area contributed by atoms with Crippen LogP contribution in [0.15, 0.2) is 58.1 Å². The molecule has 1 N–H and O–H groups in total. The Kier molecular flexibility index (Phi) is 6.60. The number of likely N-dealkylation sites (tertiary alicyclic amines) is 1. The third-order valence-corrected chi connectivity index (χ3v) is 9.41. The van der Waals surface area contributed by atoms with Gasteiger partial charge in [0.1, 0.15) is 0 Å². The Hall–Kier alpha value is -3.20. The van der Waals surface area contributed by atoms with Crippen molar-refractivity contribution >= 4 is 32.6 Å². The van der Waals surface area contributed by atoms with Crippen molar-refractivity contribution in [3.8, 4) is 0 Å². The summed E-state index contributed by atoms with van der Waals surface area (Å²) in [7, 11) is -3.47. The number of hydrogen-bond donors (Lipinski definition) is 1. The fourth-order valence-electron chi connectivity index (χ4n) is 5.07. The zero-order valence-corrected chi connectivity index (χ0v) is 20.3. The number of sulfone groups is 1. The molecule has 0 bridgehead atoms. The predicted molar refractivity (Wildman–Crippen MR) is 130 cm³/mol. The number of amides is 2. The van der Waals surface area contributed by atoms with Gasteiger partial charge in [0.25, 0.3) is 5.91 Å². The first-order chi connectivity index (χ1) is 16.9. The van der Waals surface area contributed by atoms with Crippen molar-refractivity contribution in [3.05, 3.63) is 60.1 Å². The lowest BCUT2D eigenvalue weighted by Crippen LogP contribution is -2.37. The second-order valence-electron chi connectivity index (χ2n) is 9.40. The van der Waals surface area contributed by atoms with Crippen molar-refractivity contribution in [2.75, 3.05) is 13.1 Å². The van der Waals surface area contributed by atoms with Crippen LogP contribution in [0.1, 0.15) is 54.6 Å². The second-order valence-corrected chi connectivity index (χ2v) is 11.6. The van der Waals surface area contributed by atoms with Gasteiger partial charge in [-0.05, 0) is 68.4 Å². The molecule has 184 valence electrons. The van der Waals surface area contributed by atoms with E-state index in [9.17, 15) is 18.0 Å². The van der Waals surface area contributed by atoms with E-state index in [0.29, 0.717) is 31.3 Å². The Morgan fingerprint density at radius 3 is 2.43 bits per heavy atom. The molecule has 1 saturated heterocycles. The van der Waals surface area contributed by atoms with Crippen LogP contribution < -0.4 is 5.32 Å². The van der Waals surface area contributed by atoms with Crippen molar-refractivity contribution in [2.45, 2.75) is 55.2 Å². The molecule has 8 nitrogen and oxygen atoms in total. The van der Waals surface area contributed by atoms with Gasteiger partial charge in [0, 0.05) is 37.1 Å². The topological polar surface area (TPSA) is 110 Å². The summed E-state index contributed by atoms with van der Waals surface area (Å²) in [6, 6.07) is 10.1. The largest absolute Gasteiger partial charge is 0.449 e. The lowest BCUT2D eigenvalue weighted by molar-refractivity contribution is -0.135. The van der Waals surface area contributed by atoms with Gasteiger partial charge in [-0.15, -0.1) is 0 Å². The Balaban J connectivity index is 1.16. The number of pyridine rings is 1. The van der Waals surface area contributed by atoms with Crippen molar-refractivity contribution < 1.29 is 22.4 Å². The molecule has 0 atom stereocenters. The highest BCUT2D eigenvalue weighted by molar-refractivity contribution is 7.92. The van der Waals surface area contributed by atoms with E-state index in [1.54, 1.807) is 48.8 Å². The van der Waals surface area contributed by atoms with Crippen LogP contribution in [0.5, 0.6) is 0 Å². The Morgan fingerprint density at radius 1 is 1.03 bits per heavy atom. The van der Waals surface area contributed by atoms with Gasteiger partial charge in [-0.1, -0.05) is 12.1 Å². The fourth-order valence-corrected chi connectivity index (χ4v) is 6.86. The van der Waals surface area contributed by atoms with Gasteiger partial charge >= 0.3 is 0 Å². The molecule has 3 aromatic rings. The molecule has 5 rings (SSSR count). The number of benzene rings is 1. The van der Waals surface area contributed by atoms with Crippen LogP contribution in [0.25, 0.3) is 11.0 Å². The van der Waals surface area contributed by atoms with E-state index in [1.807, 2.05) is 4.90 Å². The standard InChI is InChI=1S/C26H29N3O5S/c30-25(23-15-20-11-12-27-17-24(20)34-23)28-16-18-3-7-21(8-4-18)35(32,33)22-9-5-19(6-10-22)26(31)29-13-1-2-14-29/h3-4,7-8,11-12,15,17,19,22H,1-2,5-6,9-10,13-14,16H2,(H,28,30). The summed E-state index contributed by atoms with van der Waals surface area (Å²) < 4.78 is 31.9. The average Bonchev–Trinajstić information content (AvgIpc) is 3.58. The summed E-state index contributed by atoms with van der Waals surface area (Å²) in [5, 5.41) is 3.14. The van der Waals surface area contributed by atoms with Crippen LogP contribution in [-0.2, 0) is 21.2 Å². The number of rotatable bonds is 6. The summed E-state index contributed by atoms with van der Waals surface area (Å²) in [6.45, 7) is 1.91. The van der Waals surface area contributed by atoms with Gasteiger partial charge in [-0.3, -0.25) is 14.6 Å². The van der Waals surface area contributed by atoms with Gasteiger partial charge in [0.15, 0.2) is 21.2 Å². The molecule has 0 spiro atoms. The van der Waals surface area contributed by atoms with E-state index in [4.69, 9.17) is 4.42 Å². The van der Waals surface area contributed by atoms with Crippen LogP contribution >= 0.6 is 0 Å². The van der Waals surface area contributed by atoms with Gasteiger partial charge in [0.2, 0.25) is 5.91 Å². The normalized spacial score (nSPS) is 20.7. The van der Waals surface area contributed by atoms with Gasteiger partial charge < -0.3 is 14.6 Å². The Bertz CT molecular complexity index is 1290. The molecule has 1 aliphatic heterocycles. The van der Waals surface area contributed by atoms with Crippen molar-refractivity contribution in [1.29, 1.82) is 0 Å². The molecule has 2 aliphatic rings. The molecule has 2 aromatic heterocycles. The van der Waals surface area contributed by atoms with E-state index < -0.39 is 15.1 Å². The molecule has 2 amide bonds. The first kappa shape index (κ1) is 23.5. The third kappa shape index (κ3) is 4.96.